The highest BCUT2D eigenvalue weighted by atomic mass is 79.9. The molecule has 0 radical (unpaired) electrons. The summed E-state index contributed by atoms with van der Waals surface area (Å²) in [5, 5.41) is 23.1. The third-order valence-corrected chi connectivity index (χ3v) is 21.1. The molecule has 0 amide bonds. The Morgan fingerprint density at radius 3 is 1.01 bits per heavy atom. The van der Waals surface area contributed by atoms with Crippen molar-refractivity contribution in [3.8, 4) is 125 Å². The molecular formula is C96H68BBrN12O2. The van der Waals surface area contributed by atoms with Crippen LogP contribution >= 0.6 is 15.9 Å². The summed E-state index contributed by atoms with van der Waals surface area (Å²) in [5.74, 6) is 1.19. The average molecular weight is 1510 g/mol. The van der Waals surface area contributed by atoms with E-state index in [0.717, 1.165) is 155 Å². The Hall–Kier alpha value is -14.0. The number of fused-ring (bicyclic) bond motifs is 6. The molecule has 0 N–H and O–H groups in total. The van der Waals surface area contributed by atoms with Crippen LogP contribution in [-0.4, -0.2) is 67.3 Å². The van der Waals surface area contributed by atoms with Gasteiger partial charge in [-0.25, -0.2) is 19.9 Å². The number of hydrogen-bond acceptors (Lipinski definition) is 12. The van der Waals surface area contributed by atoms with Crippen molar-refractivity contribution >= 4 is 72.1 Å². The molecule has 9 heterocycles. The van der Waals surface area contributed by atoms with E-state index < -0.39 is 18.3 Å². The molecule has 1 aliphatic rings. The monoisotopic (exact) mass is 1510 g/mol. The van der Waals surface area contributed by atoms with Gasteiger partial charge in [0.2, 0.25) is 0 Å². The maximum atomic E-state index is 9.52. The van der Waals surface area contributed by atoms with Crippen LogP contribution in [0, 0.1) is 22.7 Å². The van der Waals surface area contributed by atoms with Crippen LogP contribution < -0.4 is 5.46 Å². The maximum Gasteiger partial charge on any atom is 0.494 e. The second kappa shape index (κ2) is 30.6. The normalized spacial score (nSPS) is 12.7. The highest BCUT2D eigenvalue weighted by Crippen LogP contribution is 2.43. The van der Waals surface area contributed by atoms with Crippen LogP contribution in [0.5, 0.6) is 0 Å². The van der Waals surface area contributed by atoms with Crippen LogP contribution in [0.1, 0.15) is 38.8 Å². The van der Waals surface area contributed by atoms with E-state index in [9.17, 15) is 5.26 Å². The summed E-state index contributed by atoms with van der Waals surface area (Å²) in [6.07, 6.45) is 7.15. The van der Waals surface area contributed by atoms with E-state index in [0.29, 0.717) is 22.8 Å². The molecule has 8 aromatic heterocycles. The standard InChI is InChI=1S/C45H28N6.C32H29BN4O2.C19H11BrN2/c46-29-30-16-25-41-37(28-30)36-12-4-5-15-40(36)51(41)35-23-21-32(22-24-35)31-17-19-34(20-18-31)45-49-43(38-13-6-8-26-47-38)42(33-10-2-1-3-11-33)44(50-45)39-14-7-9-27-48-39;1-31(2)32(3,4)39-33(38-31)24-18-16-23(17-19-24)30-36-28(25-14-8-10-20-34-25)27(22-12-6-5-7-13-22)29(37-30)26-15-9-11-21-35-26;20-14-6-8-15(9-7-14)22-18-4-2-1-3-16(18)17-11-13(12-21)5-10-19(17)22/h1-28H;5-21H,1-4H3;1-11H. The highest BCUT2D eigenvalue weighted by Gasteiger charge is 2.51. The SMILES string of the molecule is CC1(C)OB(c2ccc(-c3nc(-c4ccccn4)c(-c4ccccc4)c(-c4ccccn4)n3)cc2)OC1(C)C.N#Cc1ccc2c(c1)c1ccccc1n2-c1ccc(-c2ccc(-c3nc(-c4ccccn4)c(-c4ccccc4)c(-c4ccccn4)n3)cc2)cc1.N#Cc1ccc2c(c1)c1ccccc1n2-c1ccc(Br)cc1. The van der Waals surface area contributed by atoms with Crippen LogP contribution in [0.3, 0.4) is 0 Å². The van der Waals surface area contributed by atoms with Crippen molar-refractivity contribution in [2.45, 2.75) is 38.9 Å². The van der Waals surface area contributed by atoms with Gasteiger partial charge in [-0.05, 0) is 189 Å². The molecule has 0 saturated carbocycles. The van der Waals surface area contributed by atoms with Gasteiger partial charge in [-0.15, -0.1) is 0 Å². The Labute approximate surface area is 656 Å². The molecule has 1 aliphatic heterocycles. The number of para-hydroxylation sites is 2. The van der Waals surface area contributed by atoms with E-state index in [-0.39, 0.29) is 0 Å². The van der Waals surface area contributed by atoms with E-state index in [2.05, 4.69) is 190 Å². The summed E-state index contributed by atoms with van der Waals surface area (Å²) < 4.78 is 18.0. The molecule has 0 unspecified atom stereocenters. The number of nitriles is 2. The Morgan fingerprint density at radius 1 is 0.321 bits per heavy atom. The minimum atomic E-state index is -0.432. The first-order chi connectivity index (χ1) is 54.8. The van der Waals surface area contributed by atoms with Gasteiger partial charge in [-0.1, -0.05) is 198 Å². The lowest BCUT2D eigenvalue weighted by Gasteiger charge is -2.32. The predicted octanol–water partition coefficient (Wildman–Crippen LogP) is 22.2. The van der Waals surface area contributed by atoms with Crippen molar-refractivity contribution in [1.29, 1.82) is 10.5 Å². The van der Waals surface area contributed by atoms with Gasteiger partial charge >= 0.3 is 7.12 Å². The lowest BCUT2D eigenvalue weighted by molar-refractivity contribution is 0.00578. The third-order valence-electron chi connectivity index (χ3n) is 20.6. The number of hydrogen-bond donors (Lipinski definition) is 0. The van der Waals surface area contributed by atoms with Crippen LogP contribution in [0.2, 0.25) is 0 Å². The molecule has 0 aliphatic carbocycles. The Morgan fingerprint density at radius 2 is 0.643 bits per heavy atom. The lowest BCUT2D eigenvalue weighted by atomic mass is 9.79. The molecule has 0 atom stereocenters. The first-order valence-electron chi connectivity index (χ1n) is 36.8. The Balaban J connectivity index is 0.000000131. The van der Waals surface area contributed by atoms with Crippen molar-refractivity contribution in [3.63, 3.8) is 0 Å². The zero-order chi connectivity index (χ0) is 76.3. The summed E-state index contributed by atoms with van der Waals surface area (Å²) in [6.45, 7) is 8.23. The lowest BCUT2D eigenvalue weighted by Crippen LogP contribution is -2.41. The van der Waals surface area contributed by atoms with Crippen LogP contribution in [0.15, 0.2) is 345 Å². The minimum Gasteiger partial charge on any atom is -0.399 e. The fourth-order valence-corrected chi connectivity index (χ4v) is 14.6. The number of pyridine rings is 4. The zero-order valence-corrected chi connectivity index (χ0v) is 63.1. The summed E-state index contributed by atoms with van der Waals surface area (Å²) in [4.78, 5) is 39.2. The smallest absolute Gasteiger partial charge is 0.399 e. The number of aromatic nitrogens is 10. The van der Waals surface area contributed by atoms with E-state index in [1.54, 1.807) is 24.8 Å². The zero-order valence-electron chi connectivity index (χ0n) is 61.5. The summed E-state index contributed by atoms with van der Waals surface area (Å²) in [6, 6.07) is 110. The third kappa shape index (κ3) is 14.0. The molecule has 14 nitrogen and oxygen atoms in total. The Kier molecular flexibility index (Phi) is 19.4. The van der Waals surface area contributed by atoms with Gasteiger partial charge in [0.15, 0.2) is 11.6 Å². The van der Waals surface area contributed by atoms with Gasteiger partial charge < -0.3 is 18.4 Å². The van der Waals surface area contributed by atoms with E-state index in [1.807, 2.05) is 200 Å². The van der Waals surface area contributed by atoms with Crippen molar-refractivity contribution < 1.29 is 9.31 Å². The molecule has 16 heteroatoms. The van der Waals surface area contributed by atoms with Gasteiger partial charge in [0.1, 0.15) is 22.8 Å². The van der Waals surface area contributed by atoms with Crippen molar-refractivity contribution in [1.82, 2.24) is 49.0 Å². The van der Waals surface area contributed by atoms with Crippen molar-refractivity contribution in [3.05, 3.63) is 356 Å². The fourth-order valence-electron chi connectivity index (χ4n) is 14.3. The molecule has 10 aromatic carbocycles. The molecular weight excluding hydrogens is 1440 g/mol. The molecule has 1 fully saturated rings. The van der Waals surface area contributed by atoms with E-state index in [4.69, 9.17) is 44.5 Å². The maximum absolute atomic E-state index is 9.52. The molecule has 19 rings (SSSR count). The van der Waals surface area contributed by atoms with Crippen LogP contribution in [0.4, 0.5) is 0 Å². The summed E-state index contributed by atoms with van der Waals surface area (Å²) in [5.41, 5.74) is 21.9. The fraction of sp³-hybridized carbons (Fsp3) is 0.0625. The number of rotatable bonds is 12. The molecule has 1 saturated heterocycles. The van der Waals surface area contributed by atoms with Crippen molar-refractivity contribution in [2.75, 3.05) is 0 Å². The van der Waals surface area contributed by atoms with E-state index in [1.165, 1.54) is 0 Å². The molecule has 18 aromatic rings. The number of benzene rings is 10. The predicted molar refractivity (Wildman–Crippen MR) is 452 cm³/mol. The molecule has 534 valence electrons. The first kappa shape index (κ1) is 71.0. The van der Waals surface area contributed by atoms with Gasteiger partial charge in [-0.3, -0.25) is 19.9 Å². The summed E-state index contributed by atoms with van der Waals surface area (Å²) >= 11 is 3.48. The quantitative estimate of drug-likeness (QED) is 0.106. The second-order valence-corrected chi connectivity index (χ2v) is 28.9. The van der Waals surface area contributed by atoms with Gasteiger partial charge in [0.05, 0.1) is 79.3 Å². The minimum absolute atomic E-state index is 0.401. The average Bonchev–Trinajstić information content (AvgIpc) is 1.52. The molecule has 112 heavy (non-hydrogen) atoms. The van der Waals surface area contributed by atoms with Gasteiger partial charge in [0, 0.05) is 84.4 Å². The largest absolute Gasteiger partial charge is 0.494 e. The molecule has 0 spiro atoms. The van der Waals surface area contributed by atoms with Crippen molar-refractivity contribution in [2.24, 2.45) is 0 Å². The number of nitrogens with zero attached hydrogens (tertiary/aromatic N) is 12. The van der Waals surface area contributed by atoms with Gasteiger partial charge in [0.25, 0.3) is 0 Å². The highest BCUT2D eigenvalue weighted by molar-refractivity contribution is 9.10. The second-order valence-electron chi connectivity index (χ2n) is 28.0. The van der Waals surface area contributed by atoms with Crippen LogP contribution in [-0.2, 0) is 9.31 Å². The van der Waals surface area contributed by atoms with Gasteiger partial charge in [-0.2, -0.15) is 10.5 Å². The molecule has 0 bridgehead atoms. The topological polar surface area (TPSA) is 179 Å². The van der Waals surface area contributed by atoms with Crippen LogP contribution in [0.25, 0.3) is 157 Å². The number of halogens is 1. The van der Waals surface area contributed by atoms with E-state index >= 15 is 0 Å². The first-order valence-corrected chi connectivity index (χ1v) is 37.5. The summed E-state index contributed by atoms with van der Waals surface area (Å²) in [7, 11) is -0.432. The Bertz CT molecular complexity index is 6430.